The number of fused-ring (bicyclic) bond motifs is 1. The fourth-order valence-corrected chi connectivity index (χ4v) is 2.02. The minimum Gasteiger partial charge on any atom is -0.458 e. The normalized spacial score (nSPS) is 12.7. The van der Waals surface area contributed by atoms with Crippen molar-refractivity contribution < 1.29 is 9.52 Å². The summed E-state index contributed by atoms with van der Waals surface area (Å²) >= 11 is 0. The lowest BCUT2D eigenvalue weighted by Crippen LogP contribution is -2.10. The van der Waals surface area contributed by atoms with Gasteiger partial charge in [-0.3, -0.25) is 4.79 Å². The molecule has 3 aromatic rings. The zero-order valence-corrected chi connectivity index (χ0v) is 10.2. The van der Waals surface area contributed by atoms with Crippen LogP contribution in [-0.2, 0) is 6.54 Å². The van der Waals surface area contributed by atoms with Crippen LogP contribution in [0.25, 0.3) is 11.0 Å². The van der Waals surface area contributed by atoms with Gasteiger partial charge in [0, 0.05) is 29.9 Å². The molecule has 19 heavy (non-hydrogen) atoms. The van der Waals surface area contributed by atoms with Crippen LogP contribution in [0, 0.1) is 0 Å². The van der Waals surface area contributed by atoms with E-state index in [0.717, 1.165) is 11.0 Å². The molecule has 2 heterocycles. The van der Waals surface area contributed by atoms with Gasteiger partial charge in [-0.2, -0.15) is 0 Å². The number of benzene rings is 1. The van der Waals surface area contributed by atoms with E-state index in [9.17, 15) is 9.90 Å². The van der Waals surface area contributed by atoms with Crippen molar-refractivity contribution in [2.45, 2.75) is 12.6 Å². The molecule has 0 amide bonds. The predicted octanol–water partition coefficient (Wildman–Crippen LogP) is 2.33. The Balaban J connectivity index is 1.85. The van der Waals surface area contributed by atoms with Gasteiger partial charge >= 0.3 is 0 Å². The summed E-state index contributed by atoms with van der Waals surface area (Å²) < 4.78 is 7.35. The topological polar surface area (TPSA) is 55.4 Å². The summed E-state index contributed by atoms with van der Waals surface area (Å²) in [6.07, 6.45) is 2.55. The Morgan fingerprint density at radius 3 is 2.63 bits per heavy atom. The average Bonchev–Trinajstić information content (AvgIpc) is 2.85. The molecule has 0 aliphatic heterocycles. The summed E-state index contributed by atoms with van der Waals surface area (Å²) in [5.41, 5.74) is 0.714. The summed E-state index contributed by atoms with van der Waals surface area (Å²) in [6, 6.07) is 12.4. The molecule has 0 saturated carbocycles. The molecule has 1 aromatic carbocycles. The molecule has 4 nitrogen and oxygen atoms in total. The van der Waals surface area contributed by atoms with Crippen LogP contribution >= 0.6 is 0 Å². The molecule has 3 rings (SSSR count). The van der Waals surface area contributed by atoms with Gasteiger partial charge in [-0.05, 0) is 12.1 Å². The first kappa shape index (κ1) is 11.7. The van der Waals surface area contributed by atoms with Crippen LogP contribution in [0.2, 0.25) is 0 Å². The number of rotatable bonds is 3. The number of aromatic nitrogens is 1. The quantitative estimate of drug-likeness (QED) is 0.781. The van der Waals surface area contributed by atoms with Crippen molar-refractivity contribution >= 4 is 11.0 Å². The molecule has 0 radical (unpaired) electrons. The van der Waals surface area contributed by atoms with Crippen LogP contribution in [0.4, 0.5) is 0 Å². The molecular weight excluding hydrogens is 242 g/mol. The molecule has 0 bridgehead atoms. The van der Waals surface area contributed by atoms with E-state index in [2.05, 4.69) is 0 Å². The van der Waals surface area contributed by atoms with Crippen LogP contribution in [-0.4, -0.2) is 9.67 Å². The van der Waals surface area contributed by atoms with Gasteiger partial charge < -0.3 is 14.1 Å². The van der Waals surface area contributed by atoms with Gasteiger partial charge in [0.2, 0.25) is 0 Å². The Labute approximate surface area is 109 Å². The molecule has 0 aliphatic rings. The van der Waals surface area contributed by atoms with Crippen molar-refractivity contribution in [3.8, 4) is 0 Å². The van der Waals surface area contributed by atoms with E-state index in [1.54, 1.807) is 17.0 Å². The van der Waals surface area contributed by atoms with E-state index < -0.39 is 6.10 Å². The van der Waals surface area contributed by atoms with Crippen molar-refractivity contribution in [2.75, 3.05) is 0 Å². The van der Waals surface area contributed by atoms with E-state index in [-0.39, 0.29) is 5.43 Å². The Morgan fingerprint density at radius 1 is 1.16 bits per heavy atom. The highest BCUT2D eigenvalue weighted by Gasteiger charge is 2.13. The highest BCUT2D eigenvalue weighted by molar-refractivity contribution is 5.77. The van der Waals surface area contributed by atoms with Crippen LogP contribution in [0.3, 0.4) is 0 Å². The van der Waals surface area contributed by atoms with Gasteiger partial charge in [0.15, 0.2) is 5.43 Å². The molecule has 0 fully saturated rings. The second-order valence-electron chi connectivity index (χ2n) is 4.43. The van der Waals surface area contributed by atoms with Crippen LogP contribution < -0.4 is 5.43 Å². The molecule has 0 aliphatic carbocycles. The van der Waals surface area contributed by atoms with E-state index in [1.165, 1.54) is 12.1 Å². The Hall–Kier alpha value is -2.33. The fourth-order valence-electron chi connectivity index (χ4n) is 2.02. The van der Waals surface area contributed by atoms with Crippen LogP contribution in [0.5, 0.6) is 0 Å². The number of pyridine rings is 1. The van der Waals surface area contributed by atoms with Gasteiger partial charge in [-0.1, -0.05) is 18.2 Å². The molecule has 1 atom stereocenters. The number of furan rings is 1. The number of hydrogen-bond donors (Lipinski definition) is 1. The van der Waals surface area contributed by atoms with Crippen molar-refractivity contribution in [1.82, 2.24) is 4.57 Å². The summed E-state index contributed by atoms with van der Waals surface area (Å²) in [4.78, 5) is 11.0. The average molecular weight is 255 g/mol. The molecule has 1 unspecified atom stereocenters. The zero-order chi connectivity index (χ0) is 13.2. The SMILES string of the molecule is O=c1ccn(CC(O)c2cc3ccccc3o2)cc1. The van der Waals surface area contributed by atoms with Crippen LogP contribution in [0.15, 0.2) is 64.1 Å². The summed E-state index contributed by atoms with van der Waals surface area (Å²) in [5, 5.41) is 11.1. The Bertz CT molecular complexity index is 704. The number of para-hydroxylation sites is 1. The smallest absolute Gasteiger partial charge is 0.181 e. The molecule has 0 spiro atoms. The third kappa shape index (κ3) is 2.44. The molecule has 2 aromatic heterocycles. The lowest BCUT2D eigenvalue weighted by Gasteiger charge is -2.10. The number of aliphatic hydroxyl groups is 1. The van der Waals surface area contributed by atoms with Gasteiger partial charge in [-0.25, -0.2) is 0 Å². The first-order chi connectivity index (χ1) is 9.22. The summed E-state index contributed by atoms with van der Waals surface area (Å²) in [5.74, 6) is 0.528. The Kier molecular flexibility index (Phi) is 2.93. The maximum Gasteiger partial charge on any atom is 0.181 e. The summed E-state index contributed by atoms with van der Waals surface area (Å²) in [7, 11) is 0. The minimum absolute atomic E-state index is 0.0468. The number of aliphatic hydroxyl groups excluding tert-OH is 1. The zero-order valence-electron chi connectivity index (χ0n) is 10.2. The number of nitrogens with zero attached hydrogens (tertiary/aromatic N) is 1. The lowest BCUT2D eigenvalue weighted by molar-refractivity contribution is 0.132. The van der Waals surface area contributed by atoms with E-state index in [1.807, 2.05) is 30.3 Å². The maximum absolute atomic E-state index is 11.0. The highest BCUT2D eigenvalue weighted by Crippen LogP contribution is 2.24. The molecular formula is C15H13NO3. The van der Waals surface area contributed by atoms with Crippen LogP contribution in [0.1, 0.15) is 11.9 Å². The van der Waals surface area contributed by atoms with Crippen molar-refractivity contribution in [3.63, 3.8) is 0 Å². The first-order valence-electron chi connectivity index (χ1n) is 6.05. The maximum atomic E-state index is 11.0. The highest BCUT2D eigenvalue weighted by atomic mass is 16.4. The second-order valence-corrected chi connectivity index (χ2v) is 4.43. The first-order valence-corrected chi connectivity index (χ1v) is 6.05. The number of hydrogen-bond acceptors (Lipinski definition) is 3. The Morgan fingerprint density at radius 2 is 1.89 bits per heavy atom. The van der Waals surface area contributed by atoms with Gasteiger partial charge in [0.1, 0.15) is 17.4 Å². The molecule has 4 heteroatoms. The van der Waals surface area contributed by atoms with Crippen molar-refractivity contribution in [1.29, 1.82) is 0 Å². The monoisotopic (exact) mass is 255 g/mol. The van der Waals surface area contributed by atoms with Gasteiger partial charge in [0.05, 0.1) is 6.54 Å². The molecule has 0 saturated heterocycles. The molecule has 96 valence electrons. The third-order valence-electron chi connectivity index (χ3n) is 3.02. The van der Waals surface area contributed by atoms with E-state index in [0.29, 0.717) is 12.3 Å². The van der Waals surface area contributed by atoms with Crippen molar-refractivity contribution in [2.24, 2.45) is 0 Å². The van der Waals surface area contributed by atoms with Gasteiger partial charge in [-0.15, -0.1) is 0 Å². The van der Waals surface area contributed by atoms with E-state index in [4.69, 9.17) is 4.42 Å². The molecule has 1 N–H and O–H groups in total. The largest absolute Gasteiger partial charge is 0.458 e. The van der Waals surface area contributed by atoms with E-state index >= 15 is 0 Å². The minimum atomic E-state index is -0.741. The summed E-state index contributed by atoms with van der Waals surface area (Å²) in [6.45, 7) is 0.347. The predicted molar refractivity (Wildman–Crippen MR) is 71.9 cm³/mol. The third-order valence-corrected chi connectivity index (χ3v) is 3.02. The second kappa shape index (κ2) is 4.74. The van der Waals surface area contributed by atoms with Crippen molar-refractivity contribution in [3.05, 3.63) is 70.8 Å². The standard InChI is InChI=1S/C15H13NO3/c17-12-5-7-16(8-6-12)10-13(18)15-9-11-3-1-2-4-14(11)19-15/h1-9,13,18H,10H2. The van der Waals surface area contributed by atoms with Gasteiger partial charge in [0.25, 0.3) is 0 Å². The lowest BCUT2D eigenvalue weighted by atomic mass is 10.2. The fraction of sp³-hybridized carbons (Fsp3) is 0.133.